The Morgan fingerprint density at radius 1 is 1.00 bits per heavy atom. The molecule has 1 unspecified atom stereocenters. The SMILES string of the molecule is CCN1CCN(c2ccc(F)cc2C(C)NC(=O)Cn2c(=O)n(CC)c3ccccc32)CC1. The van der Waals surface area contributed by atoms with Crippen molar-refractivity contribution in [2.75, 3.05) is 37.6 Å². The summed E-state index contributed by atoms with van der Waals surface area (Å²) >= 11 is 0. The Morgan fingerprint density at radius 3 is 2.30 bits per heavy atom. The lowest BCUT2D eigenvalue weighted by atomic mass is 10.0. The number of nitrogens with zero attached hydrogens (tertiary/aromatic N) is 4. The number of fused-ring (bicyclic) bond motifs is 1. The topological polar surface area (TPSA) is 62.5 Å². The second kappa shape index (κ2) is 9.79. The molecule has 1 aliphatic heterocycles. The first-order valence-electron chi connectivity index (χ1n) is 11.7. The first-order chi connectivity index (χ1) is 15.9. The van der Waals surface area contributed by atoms with E-state index in [4.69, 9.17) is 0 Å². The largest absolute Gasteiger partial charge is 0.369 e. The number of hydrogen-bond donors (Lipinski definition) is 1. The number of carbonyl (C=O) groups excluding carboxylic acids is 1. The highest BCUT2D eigenvalue weighted by molar-refractivity contribution is 5.81. The molecule has 3 aromatic rings. The molecule has 1 amide bonds. The molecular formula is C25H32FN5O2. The van der Waals surface area contributed by atoms with Crippen molar-refractivity contribution in [3.8, 4) is 0 Å². The van der Waals surface area contributed by atoms with Crippen molar-refractivity contribution in [1.82, 2.24) is 19.4 Å². The lowest BCUT2D eigenvalue weighted by molar-refractivity contribution is -0.122. The van der Waals surface area contributed by atoms with Gasteiger partial charge in [-0.3, -0.25) is 13.9 Å². The summed E-state index contributed by atoms with van der Waals surface area (Å²) in [6.45, 7) is 11.0. The summed E-state index contributed by atoms with van der Waals surface area (Å²) in [6.07, 6.45) is 0. The second-order valence-electron chi connectivity index (χ2n) is 8.52. The number of benzene rings is 2. The Balaban J connectivity index is 1.54. The predicted molar refractivity (Wildman–Crippen MR) is 129 cm³/mol. The van der Waals surface area contributed by atoms with Gasteiger partial charge in [0.1, 0.15) is 12.4 Å². The minimum absolute atomic E-state index is 0.0868. The molecule has 1 saturated heterocycles. The highest BCUT2D eigenvalue weighted by Gasteiger charge is 2.22. The van der Waals surface area contributed by atoms with E-state index in [9.17, 15) is 14.0 Å². The van der Waals surface area contributed by atoms with Crippen molar-refractivity contribution in [1.29, 1.82) is 0 Å². The number of halogens is 1. The molecule has 0 saturated carbocycles. The number of para-hydroxylation sites is 2. The molecule has 1 aromatic heterocycles. The number of rotatable bonds is 7. The van der Waals surface area contributed by atoms with Gasteiger partial charge in [-0.25, -0.2) is 9.18 Å². The average molecular weight is 454 g/mol. The van der Waals surface area contributed by atoms with Gasteiger partial charge in [0.15, 0.2) is 0 Å². The van der Waals surface area contributed by atoms with Crippen molar-refractivity contribution >= 4 is 22.6 Å². The van der Waals surface area contributed by atoms with Gasteiger partial charge in [0.2, 0.25) is 5.91 Å². The van der Waals surface area contributed by atoms with Crippen LogP contribution in [0.15, 0.2) is 47.3 Å². The lowest BCUT2D eigenvalue weighted by Gasteiger charge is -2.37. The zero-order valence-corrected chi connectivity index (χ0v) is 19.6. The maximum atomic E-state index is 14.2. The summed E-state index contributed by atoms with van der Waals surface area (Å²) in [7, 11) is 0. The Hall–Kier alpha value is -3.13. The number of aryl methyl sites for hydroxylation is 1. The number of imidazole rings is 1. The molecule has 2 heterocycles. The van der Waals surface area contributed by atoms with E-state index in [-0.39, 0.29) is 24.0 Å². The highest BCUT2D eigenvalue weighted by atomic mass is 19.1. The molecule has 7 nitrogen and oxygen atoms in total. The summed E-state index contributed by atoms with van der Waals surface area (Å²) in [6, 6.07) is 11.8. The number of anilines is 1. The summed E-state index contributed by atoms with van der Waals surface area (Å²) in [5, 5.41) is 2.98. The molecule has 0 bridgehead atoms. The van der Waals surface area contributed by atoms with E-state index in [1.807, 2.05) is 38.1 Å². The first-order valence-corrected chi connectivity index (χ1v) is 11.7. The highest BCUT2D eigenvalue weighted by Crippen LogP contribution is 2.28. The van der Waals surface area contributed by atoms with Crippen molar-refractivity contribution in [2.24, 2.45) is 0 Å². The van der Waals surface area contributed by atoms with E-state index in [0.717, 1.165) is 55.0 Å². The van der Waals surface area contributed by atoms with Gasteiger partial charge in [-0.15, -0.1) is 0 Å². The number of likely N-dealkylation sites (N-methyl/N-ethyl adjacent to an activating group) is 1. The zero-order chi connectivity index (χ0) is 23.5. The van der Waals surface area contributed by atoms with E-state index in [0.29, 0.717) is 6.54 Å². The van der Waals surface area contributed by atoms with Crippen molar-refractivity contribution in [3.63, 3.8) is 0 Å². The van der Waals surface area contributed by atoms with Crippen LogP contribution in [0.1, 0.15) is 32.4 Å². The molecule has 0 radical (unpaired) electrons. The number of aromatic nitrogens is 2. The van der Waals surface area contributed by atoms with E-state index in [1.54, 1.807) is 10.6 Å². The molecule has 0 aliphatic carbocycles. The fraction of sp³-hybridized carbons (Fsp3) is 0.440. The van der Waals surface area contributed by atoms with Crippen molar-refractivity contribution < 1.29 is 9.18 Å². The normalized spacial score (nSPS) is 15.7. The van der Waals surface area contributed by atoms with Gasteiger partial charge >= 0.3 is 5.69 Å². The Kier molecular flexibility index (Phi) is 6.83. The van der Waals surface area contributed by atoms with Crippen LogP contribution in [0.3, 0.4) is 0 Å². The van der Waals surface area contributed by atoms with Crippen molar-refractivity contribution in [3.05, 3.63) is 64.3 Å². The Bertz CT molecular complexity index is 1190. The summed E-state index contributed by atoms with van der Waals surface area (Å²) in [4.78, 5) is 30.4. The number of nitrogens with one attached hydrogen (secondary N) is 1. The fourth-order valence-corrected chi connectivity index (χ4v) is 4.70. The second-order valence-corrected chi connectivity index (χ2v) is 8.52. The Labute approximate surface area is 193 Å². The van der Waals surface area contributed by atoms with E-state index < -0.39 is 6.04 Å². The average Bonchev–Trinajstić information content (AvgIpc) is 3.09. The van der Waals surface area contributed by atoms with Crippen LogP contribution in [-0.4, -0.2) is 52.7 Å². The molecule has 1 fully saturated rings. The third-order valence-electron chi connectivity index (χ3n) is 6.54. The number of piperazine rings is 1. The standard InChI is InChI=1S/C25H32FN5O2/c1-4-28-12-14-29(15-13-28)21-11-10-19(26)16-20(21)18(3)27-24(32)17-31-23-9-7-6-8-22(23)30(5-2)25(31)33/h6-11,16,18H,4-5,12-15,17H2,1-3H3,(H,27,32). The number of carbonyl (C=O) groups is 1. The van der Waals surface area contributed by atoms with Crippen LogP contribution in [0.4, 0.5) is 10.1 Å². The lowest BCUT2D eigenvalue weighted by Crippen LogP contribution is -2.46. The van der Waals surface area contributed by atoms with Crippen LogP contribution < -0.4 is 15.9 Å². The minimum atomic E-state index is -0.400. The Morgan fingerprint density at radius 2 is 1.67 bits per heavy atom. The third-order valence-corrected chi connectivity index (χ3v) is 6.54. The molecule has 0 spiro atoms. The molecule has 4 rings (SSSR count). The van der Waals surface area contributed by atoms with Gasteiger partial charge in [-0.05, 0) is 50.7 Å². The first kappa shape index (κ1) is 23.0. The van der Waals surface area contributed by atoms with Gasteiger partial charge < -0.3 is 15.1 Å². The van der Waals surface area contributed by atoms with E-state index >= 15 is 0 Å². The summed E-state index contributed by atoms with van der Waals surface area (Å²) < 4.78 is 17.3. The maximum absolute atomic E-state index is 14.2. The van der Waals surface area contributed by atoms with Gasteiger partial charge in [0.25, 0.3) is 0 Å². The molecule has 1 atom stereocenters. The molecule has 2 aromatic carbocycles. The van der Waals surface area contributed by atoms with Gasteiger partial charge in [0, 0.05) is 44.0 Å². The molecule has 33 heavy (non-hydrogen) atoms. The fourth-order valence-electron chi connectivity index (χ4n) is 4.70. The number of amides is 1. The van der Waals surface area contributed by atoms with E-state index in [1.165, 1.54) is 16.7 Å². The monoisotopic (exact) mass is 453 g/mol. The number of hydrogen-bond acceptors (Lipinski definition) is 4. The van der Waals surface area contributed by atoms with Crippen LogP contribution in [0.5, 0.6) is 0 Å². The maximum Gasteiger partial charge on any atom is 0.329 e. The third kappa shape index (κ3) is 4.66. The molecule has 1 N–H and O–H groups in total. The van der Waals surface area contributed by atoms with Gasteiger partial charge in [0.05, 0.1) is 17.1 Å². The molecule has 8 heteroatoms. The van der Waals surface area contributed by atoms with Crippen LogP contribution in [-0.2, 0) is 17.9 Å². The van der Waals surface area contributed by atoms with Crippen LogP contribution >= 0.6 is 0 Å². The van der Waals surface area contributed by atoms with Crippen LogP contribution in [0.25, 0.3) is 11.0 Å². The predicted octanol–water partition coefficient (Wildman–Crippen LogP) is 2.98. The molecule has 176 valence electrons. The smallest absolute Gasteiger partial charge is 0.329 e. The van der Waals surface area contributed by atoms with Gasteiger partial charge in [-0.2, -0.15) is 0 Å². The summed E-state index contributed by atoms with van der Waals surface area (Å²) in [5.74, 6) is -0.612. The zero-order valence-electron chi connectivity index (χ0n) is 19.6. The van der Waals surface area contributed by atoms with Crippen molar-refractivity contribution in [2.45, 2.75) is 39.9 Å². The van der Waals surface area contributed by atoms with Crippen LogP contribution in [0, 0.1) is 5.82 Å². The van der Waals surface area contributed by atoms with Crippen LogP contribution in [0.2, 0.25) is 0 Å². The van der Waals surface area contributed by atoms with E-state index in [2.05, 4.69) is 22.0 Å². The molecular weight excluding hydrogens is 421 g/mol. The van der Waals surface area contributed by atoms with Gasteiger partial charge in [-0.1, -0.05) is 19.1 Å². The quantitative estimate of drug-likeness (QED) is 0.598. The summed E-state index contributed by atoms with van der Waals surface area (Å²) in [5.41, 5.74) is 3.02. The minimum Gasteiger partial charge on any atom is -0.369 e. The molecule has 1 aliphatic rings.